The first-order chi connectivity index (χ1) is 14.4. The molecular formula is C21H18N4O4S. The molecule has 152 valence electrons. The Labute approximate surface area is 177 Å². The van der Waals surface area contributed by atoms with Crippen LogP contribution >= 0.6 is 11.8 Å². The van der Waals surface area contributed by atoms with Crippen LogP contribution in [-0.2, 0) is 4.74 Å². The van der Waals surface area contributed by atoms with Gasteiger partial charge in [-0.05, 0) is 62.0 Å². The van der Waals surface area contributed by atoms with E-state index in [0.717, 1.165) is 16.3 Å². The average Bonchev–Trinajstić information content (AvgIpc) is 2.72. The predicted octanol–water partition coefficient (Wildman–Crippen LogP) is 4.69. The number of methoxy groups -OCH3 is 1. The molecule has 0 aliphatic carbocycles. The molecule has 0 N–H and O–H groups in total. The first-order valence-corrected chi connectivity index (χ1v) is 9.68. The summed E-state index contributed by atoms with van der Waals surface area (Å²) in [7, 11) is 1.31. The smallest absolute Gasteiger partial charge is 0.337 e. The second-order valence-corrected chi connectivity index (χ2v) is 7.32. The second kappa shape index (κ2) is 9.27. The zero-order chi connectivity index (χ0) is 21.7. The van der Waals surface area contributed by atoms with Crippen molar-refractivity contribution in [1.29, 1.82) is 0 Å². The molecule has 1 aromatic heterocycles. The van der Waals surface area contributed by atoms with Crippen LogP contribution in [0.5, 0.6) is 0 Å². The van der Waals surface area contributed by atoms with Crippen LogP contribution in [0.25, 0.3) is 0 Å². The van der Waals surface area contributed by atoms with Crippen LogP contribution in [0.1, 0.15) is 27.3 Å². The fraction of sp³-hybridized carbons (Fsp3) is 0.143. The van der Waals surface area contributed by atoms with Crippen LogP contribution in [0, 0.1) is 24.0 Å². The number of hydrogen-bond acceptors (Lipinski definition) is 8. The summed E-state index contributed by atoms with van der Waals surface area (Å²) in [6, 6.07) is 13.0. The van der Waals surface area contributed by atoms with Crippen molar-refractivity contribution in [3.63, 3.8) is 0 Å². The van der Waals surface area contributed by atoms with Gasteiger partial charge < -0.3 is 4.74 Å². The Bertz CT molecular complexity index is 1110. The van der Waals surface area contributed by atoms with Crippen molar-refractivity contribution in [2.45, 2.75) is 23.9 Å². The number of rotatable bonds is 6. The zero-order valence-electron chi connectivity index (χ0n) is 16.5. The minimum atomic E-state index is -0.454. The van der Waals surface area contributed by atoms with Crippen LogP contribution in [0.3, 0.4) is 0 Å². The molecule has 0 unspecified atom stereocenters. The van der Waals surface area contributed by atoms with Crippen LogP contribution in [0.15, 0.2) is 63.6 Å². The van der Waals surface area contributed by atoms with Gasteiger partial charge in [0.1, 0.15) is 0 Å². The lowest BCUT2D eigenvalue weighted by Crippen LogP contribution is -1.99. The van der Waals surface area contributed by atoms with Crippen LogP contribution in [0.2, 0.25) is 0 Å². The summed E-state index contributed by atoms with van der Waals surface area (Å²) in [5.41, 5.74) is 3.21. The SMILES string of the molecule is COC(=O)c1ccc(N=Cc2cc([N+](=O)[O-])ccc2Sc2nc(C)cc(C)n2)cc1. The topological polar surface area (TPSA) is 108 Å². The molecule has 9 heteroatoms. The van der Waals surface area contributed by atoms with E-state index in [1.54, 1.807) is 36.5 Å². The summed E-state index contributed by atoms with van der Waals surface area (Å²) in [6.45, 7) is 3.77. The van der Waals surface area contributed by atoms with Gasteiger partial charge >= 0.3 is 5.97 Å². The number of nitro groups is 1. The lowest BCUT2D eigenvalue weighted by molar-refractivity contribution is -0.384. The number of ether oxygens (including phenoxy) is 1. The number of aromatic nitrogens is 2. The number of benzene rings is 2. The van der Waals surface area contributed by atoms with Gasteiger partial charge in [0.2, 0.25) is 0 Å². The van der Waals surface area contributed by atoms with Gasteiger partial charge in [-0.15, -0.1) is 0 Å². The number of aliphatic imine (C=N–C) groups is 1. The van der Waals surface area contributed by atoms with E-state index in [0.29, 0.717) is 22.0 Å². The molecule has 0 aliphatic rings. The molecule has 0 radical (unpaired) electrons. The van der Waals surface area contributed by atoms with Gasteiger partial charge in [-0.25, -0.2) is 14.8 Å². The number of aryl methyl sites for hydroxylation is 2. The molecule has 0 atom stereocenters. The Morgan fingerprint density at radius 2 is 1.77 bits per heavy atom. The number of hydrogen-bond donors (Lipinski definition) is 0. The lowest BCUT2D eigenvalue weighted by Gasteiger charge is -2.06. The highest BCUT2D eigenvalue weighted by atomic mass is 32.2. The molecule has 0 saturated carbocycles. The van der Waals surface area contributed by atoms with Crippen LogP contribution < -0.4 is 0 Å². The van der Waals surface area contributed by atoms with Crippen LogP contribution in [-0.4, -0.2) is 34.2 Å². The first kappa shape index (κ1) is 21.1. The van der Waals surface area contributed by atoms with E-state index in [1.165, 1.54) is 31.0 Å². The summed E-state index contributed by atoms with van der Waals surface area (Å²) in [5, 5.41) is 11.8. The van der Waals surface area contributed by atoms with Gasteiger partial charge in [0, 0.05) is 40.2 Å². The molecule has 0 amide bonds. The third kappa shape index (κ3) is 5.26. The molecule has 3 aromatic rings. The number of non-ortho nitro benzene ring substituents is 1. The minimum absolute atomic E-state index is 0.0387. The number of nitrogens with zero attached hydrogens (tertiary/aromatic N) is 4. The van der Waals surface area contributed by atoms with E-state index in [2.05, 4.69) is 19.7 Å². The Hall–Kier alpha value is -3.59. The third-order valence-corrected chi connectivity index (χ3v) is 4.97. The van der Waals surface area contributed by atoms with Crippen molar-refractivity contribution in [1.82, 2.24) is 9.97 Å². The molecule has 3 rings (SSSR count). The van der Waals surface area contributed by atoms with Gasteiger partial charge in [0.15, 0.2) is 5.16 Å². The van der Waals surface area contributed by atoms with Crippen molar-refractivity contribution in [2.75, 3.05) is 7.11 Å². The first-order valence-electron chi connectivity index (χ1n) is 8.87. The molecule has 0 spiro atoms. The van der Waals surface area contributed by atoms with E-state index in [1.807, 2.05) is 19.9 Å². The third-order valence-electron chi connectivity index (χ3n) is 4.01. The van der Waals surface area contributed by atoms with Crippen molar-refractivity contribution in [2.24, 2.45) is 4.99 Å². The van der Waals surface area contributed by atoms with Gasteiger partial charge in [-0.3, -0.25) is 15.1 Å². The Morgan fingerprint density at radius 1 is 1.10 bits per heavy atom. The Kier molecular flexibility index (Phi) is 6.53. The standard InChI is InChI=1S/C21H18N4O4S/c1-13-10-14(2)24-21(23-13)30-19-9-8-18(25(27)28)11-16(19)12-22-17-6-4-15(5-7-17)20(26)29-3/h4-12H,1-3H3. The molecular weight excluding hydrogens is 404 g/mol. The van der Waals surface area contributed by atoms with Crippen molar-refractivity contribution in [3.8, 4) is 0 Å². The average molecular weight is 422 g/mol. The molecule has 0 bridgehead atoms. The quantitative estimate of drug-likeness (QED) is 0.186. The summed E-state index contributed by atoms with van der Waals surface area (Å²) in [4.78, 5) is 36.2. The van der Waals surface area contributed by atoms with Crippen molar-refractivity contribution < 1.29 is 14.5 Å². The fourth-order valence-electron chi connectivity index (χ4n) is 2.63. The van der Waals surface area contributed by atoms with E-state index < -0.39 is 10.9 Å². The monoisotopic (exact) mass is 422 g/mol. The van der Waals surface area contributed by atoms with Crippen molar-refractivity contribution >= 4 is 35.3 Å². The number of carbonyl (C=O) groups excluding carboxylic acids is 1. The maximum absolute atomic E-state index is 11.5. The molecule has 0 aliphatic heterocycles. The number of carbonyl (C=O) groups is 1. The van der Waals surface area contributed by atoms with Gasteiger partial charge in [-0.1, -0.05) is 0 Å². The number of nitro benzene ring substituents is 1. The summed E-state index contributed by atoms with van der Waals surface area (Å²) in [5.74, 6) is -0.434. The summed E-state index contributed by atoms with van der Waals surface area (Å²) in [6.07, 6.45) is 1.55. The van der Waals surface area contributed by atoms with E-state index in [-0.39, 0.29) is 5.69 Å². The Morgan fingerprint density at radius 3 is 2.37 bits per heavy atom. The molecule has 1 heterocycles. The van der Waals surface area contributed by atoms with Gasteiger partial charge in [-0.2, -0.15) is 0 Å². The lowest BCUT2D eigenvalue weighted by atomic mass is 10.2. The molecule has 2 aromatic carbocycles. The largest absolute Gasteiger partial charge is 0.465 e. The van der Waals surface area contributed by atoms with Gasteiger partial charge in [0.25, 0.3) is 5.69 Å². The highest BCUT2D eigenvalue weighted by Gasteiger charge is 2.13. The fourth-order valence-corrected chi connectivity index (χ4v) is 3.57. The molecule has 0 saturated heterocycles. The summed E-state index contributed by atoms with van der Waals surface area (Å²) < 4.78 is 4.67. The molecule has 0 fully saturated rings. The highest BCUT2D eigenvalue weighted by molar-refractivity contribution is 7.99. The predicted molar refractivity (Wildman–Crippen MR) is 114 cm³/mol. The van der Waals surface area contributed by atoms with Crippen LogP contribution in [0.4, 0.5) is 11.4 Å². The molecule has 8 nitrogen and oxygen atoms in total. The van der Waals surface area contributed by atoms with E-state index in [4.69, 9.17) is 0 Å². The normalized spacial score (nSPS) is 10.9. The van der Waals surface area contributed by atoms with Gasteiger partial charge in [0.05, 0.1) is 23.3 Å². The zero-order valence-corrected chi connectivity index (χ0v) is 17.3. The summed E-state index contributed by atoms with van der Waals surface area (Å²) >= 11 is 1.31. The Balaban J connectivity index is 1.93. The highest BCUT2D eigenvalue weighted by Crippen LogP contribution is 2.30. The van der Waals surface area contributed by atoms with Crippen molar-refractivity contribution in [3.05, 3.63) is 81.2 Å². The number of esters is 1. The molecule has 30 heavy (non-hydrogen) atoms. The second-order valence-electron chi connectivity index (χ2n) is 6.31. The van der Waals surface area contributed by atoms with E-state index in [9.17, 15) is 14.9 Å². The maximum Gasteiger partial charge on any atom is 0.337 e. The van der Waals surface area contributed by atoms with E-state index >= 15 is 0 Å². The maximum atomic E-state index is 11.5. The minimum Gasteiger partial charge on any atom is -0.465 e.